The molecule has 2 aromatic carbocycles. The predicted octanol–water partition coefficient (Wildman–Crippen LogP) is 2.95. The fourth-order valence-corrected chi connectivity index (χ4v) is 5.29. The molecule has 0 aliphatic carbocycles. The summed E-state index contributed by atoms with van der Waals surface area (Å²) in [7, 11) is 0. The SMILES string of the molecule is O=C(N1CCOCC1)N1CC2CC[C@H](C1)N2C(=O)C(c1ccccc1)c1ccccc1. The van der Waals surface area contributed by atoms with Crippen molar-refractivity contribution in [2.75, 3.05) is 39.4 Å². The van der Waals surface area contributed by atoms with E-state index in [-0.39, 0.29) is 29.9 Å². The highest BCUT2D eigenvalue weighted by molar-refractivity contribution is 5.88. The average molecular weight is 420 g/mol. The van der Waals surface area contributed by atoms with Crippen molar-refractivity contribution in [3.63, 3.8) is 0 Å². The molecule has 0 spiro atoms. The number of carbonyl (C=O) groups excluding carboxylic acids is 2. The molecule has 3 amide bonds. The molecule has 3 saturated heterocycles. The number of morpholine rings is 1. The van der Waals surface area contributed by atoms with E-state index < -0.39 is 0 Å². The second kappa shape index (κ2) is 8.71. The fraction of sp³-hybridized carbons (Fsp3) is 0.440. The van der Waals surface area contributed by atoms with Gasteiger partial charge >= 0.3 is 6.03 Å². The summed E-state index contributed by atoms with van der Waals surface area (Å²) in [5.41, 5.74) is 2.04. The second-order valence-electron chi connectivity index (χ2n) is 8.67. The van der Waals surface area contributed by atoms with Gasteiger partial charge in [0.1, 0.15) is 0 Å². The second-order valence-corrected chi connectivity index (χ2v) is 8.67. The number of nitrogens with zero attached hydrogens (tertiary/aromatic N) is 3. The molecule has 3 aliphatic rings. The van der Waals surface area contributed by atoms with Crippen molar-refractivity contribution in [1.82, 2.24) is 14.7 Å². The standard InChI is InChI=1S/C25H29N3O3/c29-24(23(19-7-3-1-4-8-19)20-9-5-2-6-10-20)28-21-11-12-22(28)18-27(17-21)25(30)26-13-15-31-16-14-26/h1-10,21-23H,11-18H2/t21-,22?/m1/s1. The lowest BCUT2D eigenvalue weighted by atomic mass is 9.89. The molecule has 6 heteroatoms. The minimum atomic E-state index is -0.313. The number of benzene rings is 2. The molecule has 2 bridgehead atoms. The van der Waals surface area contributed by atoms with Crippen LogP contribution in [0, 0.1) is 0 Å². The molecule has 1 unspecified atom stereocenters. The third-order valence-electron chi connectivity index (χ3n) is 6.80. The van der Waals surface area contributed by atoms with Gasteiger partial charge < -0.3 is 19.4 Å². The monoisotopic (exact) mass is 419 g/mol. The first-order chi connectivity index (χ1) is 15.2. The van der Waals surface area contributed by atoms with Crippen molar-refractivity contribution in [2.24, 2.45) is 0 Å². The van der Waals surface area contributed by atoms with Crippen LogP contribution < -0.4 is 0 Å². The number of amides is 3. The summed E-state index contributed by atoms with van der Waals surface area (Å²) in [4.78, 5) is 32.9. The third kappa shape index (κ3) is 3.92. The van der Waals surface area contributed by atoms with Crippen LogP contribution in [0.4, 0.5) is 4.79 Å². The van der Waals surface area contributed by atoms with Gasteiger partial charge in [-0.1, -0.05) is 60.7 Å². The van der Waals surface area contributed by atoms with Gasteiger partial charge in [-0.2, -0.15) is 0 Å². The lowest BCUT2D eigenvalue weighted by Gasteiger charge is -2.44. The van der Waals surface area contributed by atoms with Crippen LogP contribution in [0.25, 0.3) is 0 Å². The van der Waals surface area contributed by atoms with Crippen molar-refractivity contribution in [3.05, 3.63) is 71.8 Å². The maximum Gasteiger partial charge on any atom is 0.320 e. The summed E-state index contributed by atoms with van der Waals surface area (Å²) in [5.74, 6) is -0.157. The Kier molecular flexibility index (Phi) is 5.64. The molecule has 3 fully saturated rings. The van der Waals surface area contributed by atoms with Crippen molar-refractivity contribution < 1.29 is 14.3 Å². The number of carbonyl (C=O) groups is 2. The lowest BCUT2D eigenvalue weighted by molar-refractivity contribution is -0.137. The zero-order chi connectivity index (χ0) is 21.2. The number of urea groups is 1. The van der Waals surface area contributed by atoms with E-state index in [1.807, 2.05) is 70.5 Å². The maximum atomic E-state index is 13.9. The molecule has 162 valence electrons. The van der Waals surface area contributed by atoms with Gasteiger partial charge in [-0.15, -0.1) is 0 Å². The Morgan fingerprint density at radius 1 is 0.774 bits per heavy atom. The number of fused-ring (bicyclic) bond motifs is 2. The molecule has 5 rings (SSSR count). The van der Waals surface area contributed by atoms with E-state index >= 15 is 0 Å². The molecular weight excluding hydrogens is 390 g/mol. The van der Waals surface area contributed by atoms with Gasteiger partial charge in [-0.25, -0.2) is 4.79 Å². The van der Waals surface area contributed by atoms with Gasteiger partial charge in [0.2, 0.25) is 5.91 Å². The van der Waals surface area contributed by atoms with Crippen molar-refractivity contribution in [2.45, 2.75) is 30.8 Å². The van der Waals surface area contributed by atoms with Gasteiger partial charge in [-0.05, 0) is 24.0 Å². The summed E-state index contributed by atoms with van der Waals surface area (Å²) in [6.07, 6.45) is 1.92. The third-order valence-corrected chi connectivity index (χ3v) is 6.80. The van der Waals surface area contributed by atoms with Gasteiger partial charge in [0, 0.05) is 38.3 Å². The predicted molar refractivity (Wildman–Crippen MR) is 118 cm³/mol. The smallest absolute Gasteiger partial charge is 0.320 e. The molecule has 31 heavy (non-hydrogen) atoms. The Labute approximate surface area is 183 Å². The van der Waals surface area contributed by atoms with Crippen LogP contribution in [0.1, 0.15) is 29.9 Å². The van der Waals surface area contributed by atoms with E-state index in [9.17, 15) is 9.59 Å². The summed E-state index contributed by atoms with van der Waals surface area (Å²) in [5, 5.41) is 0. The minimum Gasteiger partial charge on any atom is -0.378 e. The highest BCUT2D eigenvalue weighted by atomic mass is 16.5. The van der Waals surface area contributed by atoms with Crippen LogP contribution >= 0.6 is 0 Å². The molecule has 6 nitrogen and oxygen atoms in total. The van der Waals surface area contributed by atoms with E-state index in [1.54, 1.807) is 0 Å². The molecule has 3 aliphatic heterocycles. The zero-order valence-corrected chi connectivity index (χ0v) is 17.7. The van der Waals surface area contributed by atoms with Gasteiger partial charge in [0.15, 0.2) is 0 Å². The molecule has 0 saturated carbocycles. The van der Waals surface area contributed by atoms with E-state index in [2.05, 4.69) is 4.90 Å². The van der Waals surface area contributed by atoms with Crippen molar-refractivity contribution in [3.8, 4) is 0 Å². The Balaban J connectivity index is 1.37. The molecule has 0 aromatic heterocycles. The van der Waals surface area contributed by atoms with Gasteiger partial charge in [-0.3, -0.25) is 4.79 Å². The number of rotatable bonds is 3. The number of piperazine rings is 1. The number of hydrogen-bond acceptors (Lipinski definition) is 3. The zero-order valence-electron chi connectivity index (χ0n) is 17.7. The highest BCUT2D eigenvalue weighted by Gasteiger charge is 2.46. The number of ether oxygens (including phenoxy) is 1. The first-order valence-electron chi connectivity index (χ1n) is 11.3. The molecule has 3 heterocycles. The van der Waals surface area contributed by atoms with E-state index in [1.165, 1.54) is 0 Å². The summed E-state index contributed by atoms with van der Waals surface area (Å²) in [6.45, 7) is 3.75. The lowest BCUT2D eigenvalue weighted by Crippen LogP contribution is -2.60. The van der Waals surface area contributed by atoms with Crippen molar-refractivity contribution in [1.29, 1.82) is 0 Å². The maximum absolute atomic E-state index is 13.9. The summed E-state index contributed by atoms with van der Waals surface area (Å²) >= 11 is 0. The number of hydrogen-bond donors (Lipinski definition) is 0. The highest BCUT2D eigenvalue weighted by Crippen LogP contribution is 2.36. The Hall–Kier alpha value is -2.86. The molecule has 2 aromatic rings. The average Bonchev–Trinajstić information content (AvgIpc) is 3.10. The van der Waals surface area contributed by atoms with Crippen LogP contribution in [0.5, 0.6) is 0 Å². The van der Waals surface area contributed by atoms with E-state index in [0.717, 1.165) is 24.0 Å². The Morgan fingerprint density at radius 3 is 1.81 bits per heavy atom. The largest absolute Gasteiger partial charge is 0.378 e. The van der Waals surface area contributed by atoms with Crippen LogP contribution in [0.2, 0.25) is 0 Å². The normalized spacial score (nSPS) is 23.3. The quantitative estimate of drug-likeness (QED) is 0.769. The van der Waals surface area contributed by atoms with Crippen LogP contribution in [0.15, 0.2) is 60.7 Å². The van der Waals surface area contributed by atoms with E-state index in [4.69, 9.17) is 4.74 Å². The van der Waals surface area contributed by atoms with Gasteiger partial charge in [0.05, 0.1) is 19.1 Å². The molecule has 0 radical (unpaired) electrons. The molecule has 0 N–H and O–H groups in total. The van der Waals surface area contributed by atoms with Crippen LogP contribution in [-0.2, 0) is 9.53 Å². The molecular formula is C25H29N3O3. The summed E-state index contributed by atoms with van der Waals surface area (Å²) < 4.78 is 5.39. The van der Waals surface area contributed by atoms with Crippen LogP contribution in [0.3, 0.4) is 0 Å². The fourth-order valence-electron chi connectivity index (χ4n) is 5.29. The topological polar surface area (TPSA) is 53.1 Å². The van der Waals surface area contributed by atoms with Crippen LogP contribution in [-0.4, -0.2) is 78.1 Å². The van der Waals surface area contributed by atoms with E-state index in [0.29, 0.717) is 39.4 Å². The number of likely N-dealkylation sites (tertiary alicyclic amines) is 1. The Morgan fingerprint density at radius 2 is 1.29 bits per heavy atom. The minimum absolute atomic E-state index is 0.0890. The first-order valence-corrected chi connectivity index (χ1v) is 11.3. The molecule has 2 atom stereocenters. The summed E-state index contributed by atoms with van der Waals surface area (Å²) in [6, 6.07) is 20.4. The Bertz CT molecular complexity index is 861. The first kappa shape index (κ1) is 20.1. The van der Waals surface area contributed by atoms with Crippen molar-refractivity contribution >= 4 is 11.9 Å². The van der Waals surface area contributed by atoms with Gasteiger partial charge in [0.25, 0.3) is 0 Å².